The molecule has 2 atom stereocenters. The Labute approximate surface area is 102 Å². The maximum Gasteiger partial charge on any atom is 0.293 e. The molecule has 86 valence electrons. The molecule has 1 saturated carbocycles. The van der Waals surface area contributed by atoms with Crippen LogP contribution < -0.4 is 0 Å². The second kappa shape index (κ2) is 4.95. The monoisotopic (exact) mass is 286 g/mol. The lowest BCUT2D eigenvalue weighted by Crippen LogP contribution is -1.95. The van der Waals surface area contributed by atoms with Crippen molar-refractivity contribution in [1.29, 1.82) is 0 Å². The van der Waals surface area contributed by atoms with Crippen molar-refractivity contribution in [2.45, 2.75) is 18.8 Å². The smallest absolute Gasteiger partial charge is 0.293 e. The van der Waals surface area contributed by atoms with E-state index in [1.807, 2.05) is 12.1 Å². The van der Waals surface area contributed by atoms with Crippen LogP contribution in [0.1, 0.15) is 24.3 Å². The number of hydrogen-bond acceptors (Lipinski definition) is 2. The van der Waals surface area contributed by atoms with Gasteiger partial charge in [-0.3, -0.25) is 4.79 Å². The van der Waals surface area contributed by atoms with Crippen molar-refractivity contribution in [2.75, 3.05) is 6.61 Å². The van der Waals surface area contributed by atoms with Crippen LogP contribution in [0.2, 0.25) is 0 Å². The Hall–Kier alpha value is -0.900. The summed E-state index contributed by atoms with van der Waals surface area (Å²) in [4.78, 5) is 9.96. The van der Waals surface area contributed by atoms with Gasteiger partial charge in [0.1, 0.15) is 5.82 Å². The molecule has 1 aromatic rings. The molecule has 1 aliphatic carbocycles. The van der Waals surface area contributed by atoms with Gasteiger partial charge in [-0.25, -0.2) is 4.39 Å². The van der Waals surface area contributed by atoms with E-state index >= 15 is 0 Å². The Bertz CT molecular complexity index is 395. The molecule has 4 heteroatoms. The van der Waals surface area contributed by atoms with Crippen molar-refractivity contribution in [3.63, 3.8) is 0 Å². The van der Waals surface area contributed by atoms with E-state index in [0.717, 1.165) is 22.9 Å². The van der Waals surface area contributed by atoms with Crippen molar-refractivity contribution in [2.24, 2.45) is 5.92 Å². The molecule has 1 aliphatic rings. The van der Waals surface area contributed by atoms with E-state index in [1.165, 1.54) is 6.07 Å². The third kappa shape index (κ3) is 2.61. The Morgan fingerprint density at radius 1 is 1.56 bits per heavy atom. The average Bonchev–Trinajstić information content (AvgIpc) is 2.98. The summed E-state index contributed by atoms with van der Waals surface area (Å²) in [6.45, 7) is 0.889. The largest absolute Gasteiger partial charge is 0.468 e. The SMILES string of the molecule is O=COCCC1CC1c1ccc(Br)cc1F. The van der Waals surface area contributed by atoms with Gasteiger partial charge >= 0.3 is 0 Å². The molecule has 0 aliphatic heterocycles. The van der Waals surface area contributed by atoms with Crippen molar-refractivity contribution < 1.29 is 13.9 Å². The van der Waals surface area contributed by atoms with Gasteiger partial charge in [0.15, 0.2) is 0 Å². The van der Waals surface area contributed by atoms with Gasteiger partial charge in [-0.2, -0.15) is 0 Å². The molecule has 0 aromatic heterocycles. The van der Waals surface area contributed by atoms with Crippen LogP contribution in [0, 0.1) is 11.7 Å². The normalized spacial score (nSPS) is 22.9. The Morgan fingerprint density at radius 2 is 2.38 bits per heavy atom. The minimum Gasteiger partial charge on any atom is -0.468 e. The first-order valence-electron chi connectivity index (χ1n) is 5.22. The van der Waals surface area contributed by atoms with Gasteiger partial charge in [0, 0.05) is 4.47 Å². The minimum absolute atomic E-state index is 0.154. The summed E-state index contributed by atoms with van der Waals surface area (Å²) in [5, 5.41) is 0. The lowest BCUT2D eigenvalue weighted by Gasteiger charge is -2.03. The molecule has 0 spiro atoms. The highest BCUT2D eigenvalue weighted by atomic mass is 79.9. The molecule has 0 heterocycles. The van der Waals surface area contributed by atoms with Crippen LogP contribution in [0.3, 0.4) is 0 Å². The van der Waals surface area contributed by atoms with Crippen LogP contribution >= 0.6 is 15.9 Å². The molecule has 0 saturated heterocycles. The third-order valence-electron chi connectivity index (χ3n) is 2.96. The topological polar surface area (TPSA) is 26.3 Å². The second-order valence-corrected chi connectivity index (χ2v) is 4.94. The average molecular weight is 287 g/mol. The predicted molar refractivity (Wildman–Crippen MR) is 61.6 cm³/mol. The molecule has 1 aromatic carbocycles. The van der Waals surface area contributed by atoms with Crippen LogP contribution in [0.25, 0.3) is 0 Å². The number of benzene rings is 1. The Morgan fingerprint density at radius 3 is 3.06 bits per heavy atom. The van der Waals surface area contributed by atoms with E-state index in [4.69, 9.17) is 0 Å². The Kier molecular flexibility index (Phi) is 3.59. The minimum atomic E-state index is -0.154. The lowest BCUT2D eigenvalue weighted by molar-refractivity contribution is -0.128. The summed E-state index contributed by atoms with van der Waals surface area (Å²) in [5.74, 6) is 0.595. The fraction of sp³-hybridized carbons (Fsp3) is 0.417. The van der Waals surface area contributed by atoms with E-state index in [0.29, 0.717) is 24.9 Å². The summed E-state index contributed by atoms with van der Waals surface area (Å²) < 4.78 is 19.0. The number of carbonyl (C=O) groups is 1. The molecule has 0 radical (unpaired) electrons. The molecule has 2 rings (SSSR count). The maximum atomic E-state index is 13.6. The summed E-state index contributed by atoms with van der Waals surface area (Å²) >= 11 is 3.23. The molecule has 0 N–H and O–H groups in total. The van der Waals surface area contributed by atoms with Crippen molar-refractivity contribution >= 4 is 22.4 Å². The zero-order valence-electron chi connectivity index (χ0n) is 8.66. The summed E-state index contributed by atoms with van der Waals surface area (Å²) in [5.41, 5.74) is 0.777. The van der Waals surface area contributed by atoms with Gasteiger partial charge in [0.2, 0.25) is 0 Å². The second-order valence-electron chi connectivity index (χ2n) is 4.02. The van der Waals surface area contributed by atoms with Crippen LogP contribution in [-0.2, 0) is 9.53 Å². The quantitative estimate of drug-likeness (QED) is 0.614. The first kappa shape index (κ1) is 11.6. The third-order valence-corrected chi connectivity index (χ3v) is 3.45. The van der Waals surface area contributed by atoms with Crippen molar-refractivity contribution in [3.8, 4) is 0 Å². The predicted octanol–water partition coefficient (Wildman–Crippen LogP) is 3.25. The molecule has 1 fully saturated rings. The van der Waals surface area contributed by atoms with Gasteiger partial charge in [0.25, 0.3) is 6.47 Å². The molecule has 0 amide bonds. The maximum absolute atomic E-state index is 13.6. The van der Waals surface area contributed by atoms with Crippen LogP contribution in [0.4, 0.5) is 4.39 Å². The van der Waals surface area contributed by atoms with Gasteiger partial charge in [-0.05, 0) is 42.4 Å². The summed E-state index contributed by atoms with van der Waals surface area (Å²) in [6, 6.07) is 5.17. The number of hydrogen-bond donors (Lipinski definition) is 0. The fourth-order valence-electron chi connectivity index (χ4n) is 2.02. The standard InChI is InChI=1S/C12H12BrFO2/c13-9-1-2-10(12(14)6-9)11-5-8(11)3-4-16-7-15/h1-2,6-8,11H,3-5H2. The molecule has 2 unspecified atom stereocenters. The Balaban J connectivity index is 1.92. The molecular formula is C12H12BrFO2. The zero-order chi connectivity index (χ0) is 11.5. The van der Waals surface area contributed by atoms with Gasteiger partial charge in [-0.15, -0.1) is 0 Å². The van der Waals surface area contributed by atoms with Gasteiger partial charge in [-0.1, -0.05) is 22.0 Å². The highest BCUT2D eigenvalue weighted by Gasteiger charge is 2.39. The number of halogens is 2. The zero-order valence-corrected chi connectivity index (χ0v) is 10.2. The van der Waals surface area contributed by atoms with Crippen molar-refractivity contribution in [3.05, 3.63) is 34.1 Å². The first-order chi connectivity index (χ1) is 7.72. The van der Waals surface area contributed by atoms with Crippen LogP contribution in [0.5, 0.6) is 0 Å². The highest BCUT2D eigenvalue weighted by molar-refractivity contribution is 9.10. The van der Waals surface area contributed by atoms with E-state index in [-0.39, 0.29) is 5.82 Å². The van der Waals surface area contributed by atoms with E-state index in [1.54, 1.807) is 0 Å². The molecule has 2 nitrogen and oxygen atoms in total. The first-order valence-corrected chi connectivity index (χ1v) is 6.02. The molecule has 0 bridgehead atoms. The van der Waals surface area contributed by atoms with Crippen LogP contribution in [0.15, 0.2) is 22.7 Å². The van der Waals surface area contributed by atoms with Crippen LogP contribution in [-0.4, -0.2) is 13.1 Å². The van der Waals surface area contributed by atoms with Gasteiger partial charge < -0.3 is 4.74 Å². The number of ether oxygens (including phenoxy) is 1. The van der Waals surface area contributed by atoms with Crippen molar-refractivity contribution in [1.82, 2.24) is 0 Å². The molecule has 16 heavy (non-hydrogen) atoms. The fourth-order valence-corrected chi connectivity index (χ4v) is 2.35. The summed E-state index contributed by atoms with van der Waals surface area (Å²) in [6.07, 6.45) is 1.81. The van der Waals surface area contributed by atoms with Gasteiger partial charge in [0.05, 0.1) is 6.61 Å². The van der Waals surface area contributed by atoms with E-state index in [9.17, 15) is 9.18 Å². The number of rotatable bonds is 5. The highest BCUT2D eigenvalue weighted by Crippen LogP contribution is 2.50. The van der Waals surface area contributed by atoms with E-state index < -0.39 is 0 Å². The lowest BCUT2D eigenvalue weighted by atomic mass is 10.1. The van der Waals surface area contributed by atoms with E-state index in [2.05, 4.69) is 20.7 Å². The number of carbonyl (C=O) groups excluding carboxylic acids is 1. The summed E-state index contributed by atoms with van der Waals surface area (Å²) in [7, 11) is 0. The molecular weight excluding hydrogens is 275 g/mol.